The quantitative estimate of drug-likeness (QED) is 0.785. The van der Waals surface area contributed by atoms with Crippen LogP contribution in [0.15, 0.2) is 18.2 Å². The van der Waals surface area contributed by atoms with Crippen molar-refractivity contribution in [1.29, 1.82) is 0 Å². The summed E-state index contributed by atoms with van der Waals surface area (Å²) in [4.78, 5) is 35.0. The van der Waals surface area contributed by atoms with E-state index in [9.17, 15) is 14.4 Å². The van der Waals surface area contributed by atoms with E-state index >= 15 is 0 Å². The highest BCUT2D eigenvalue weighted by Crippen LogP contribution is 2.21. The average Bonchev–Trinajstić information content (AvgIpc) is 2.37. The Bertz CT molecular complexity index is 538. The summed E-state index contributed by atoms with van der Waals surface area (Å²) in [6.07, 6.45) is -0.0198. The fourth-order valence-electron chi connectivity index (χ4n) is 1.72. The topological polar surface area (TPSA) is 83.9 Å². The molecule has 1 amide bonds. The smallest absolute Gasteiger partial charge is 0.323 e. The lowest BCUT2D eigenvalue weighted by atomic mass is 10.0. The molecule has 0 atom stereocenters. The Balaban J connectivity index is 2.94. The Morgan fingerprint density at radius 1 is 1.30 bits per heavy atom. The monoisotopic (exact) mass is 279 g/mol. The predicted octanol–water partition coefficient (Wildman–Crippen LogP) is 0.983. The summed E-state index contributed by atoms with van der Waals surface area (Å²) in [6, 6.07) is 4.83. The first-order valence-corrected chi connectivity index (χ1v) is 5.98. The van der Waals surface area contributed by atoms with Crippen LogP contribution in [0.2, 0.25) is 0 Å². The van der Waals surface area contributed by atoms with Crippen molar-refractivity contribution in [2.24, 2.45) is 0 Å². The fourth-order valence-corrected chi connectivity index (χ4v) is 1.72. The number of nitrogens with zero attached hydrogens (tertiary/aromatic N) is 1. The molecule has 20 heavy (non-hydrogen) atoms. The number of amides is 1. The predicted molar refractivity (Wildman–Crippen MR) is 72.0 cm³/mol. The van der Waals surface area contributed by atoms with Gasteiger partial charge in [-0.3, -0.25) is 14.4 Å². The molecule has 0 saturated heterocycles. The second kappa shape index (κ2) is 6.70. The van der Waals surface area contributed by atoms with E-state index in [0.717, 1.165) is 4.90 Å². The van der Waals surface area contributed by atoms with E-state index in [1.54, 1.807) is 18.2 Å². The number of methoxy groups -OCH3 is 1. The summed E-state index contributed by atoms with van der Waals surface area (Å²) in [5, 5.41) is 8.65. The molecule has 1 N–H and O–H groups in total. The minimum atomic E-state index is -1.08. The van der Waals surface area contributed by atoms with Crippen molar-refractivity contribution < 1.29 is 24.2 Å². The number of carbonyl (C=O) groups is 3. The lowest BCUT2D eigenvalue weighted by Gasteiger charge is -2.16. The molecule has 108 valence electrons. The van der Waals surface area contributed by atoms with Gasteiger partial charge in [-0.1, -0.05) is 0 Å². The molecule has 0 bridgehead atoms. The largest absolute Gasteiger partial charge is 0.496 e. The maximum absolute atomic E-state index is 11.9. The SMILES string of the molecule is COc1ccc(C(C)=O)cc1CC(=O)N(C)CC(=O)O. The zero-order chi connectivity index (χ0) is 15.3. The van der Waals surface area contributed by atoms with Crippen molar-refractivity contribution in [3.63, 3.8) is 0 Å². The van der Waals surface area contributed by atoms with Crippen LogP contribution < -0.4 is 4.74 Å². The molecule has 0 fully saturated rings. The van der Waals surface area contributed by atoms with Gasteiger partial charge in [-0.25, -0.2) is 0 Å². The number of hydrogen-bond acceptors (Lipinski definition) is 4. The molecule has 0 heterocycles. The molecule has 0 spiro atoms. The van der Waals surface area contributed by atoms with Crippen molar-refractivity contribution in [2.75, 3.05) is 20.7 Å². The van der Waals surface area contributed by atoms with Crippen LogP contribution in [0.5, 0.6) is 5.75 Å². The molecular weight excluding hydrogens is 262 g/mol. The van der Waals surface area contributed by atoms with Gasteiger partial charge in [0.25, 0.3) is 0 Å². The number of likely N-dealkylation sites (N-methyl/N-ethyl adjacent to an activating group) is 1. The fraction of sp³-hybridized carbons (Fsp3) is 0.357. The van der Waals surface area contributed by atoms with Gasteiger partial charge in [-0.05, 0) is 25.1 Å². The third-order valence-electron chi connectivity index (χ3n) is 2.83. The first-order valence-electron chi connectivity index (χ1n) is 5.98. The highest BCUT2D eigenvalue weighted by Gasteiger charge is 2.16. The van der Waals surface area contributed by atoms with Crippen molar-refractivity contribution in [1.82, 2.24) is 4.90 Å². The van der Waals surface area contributed by atoms with Crippen LogP contribution in [0.3, 0.4) is 0 Å². The molecule has 0 aliphatic heterocycles. The first kappa shape index (κ1) is 15.7. The number of ether oxygens (including phenoxy) is 1. The van der Waals surface area contributed by atoms with Crippen molar-refractivity contribution >= 4 is 17.7 Å². The van der Waals surface area contributed by atoms with Gasteiger partial charge < -0.3 is 14.7 Å². The normalized spacial score (nSPS) is 9.95. The lowest BCUT2D eigenvalue weighted by molar-refractivity contribution is -0.143. The molecule has 1 aromatic rings. The van der Waals surface area contributed by atoms with Gasteiger partial charge in [0.1, 0.15) is 12.3 Å². The maximum Gasteiger partial charge on any atom is 0.323 e. The summed E-state index contributed by atoms with van der Waals surface area (Å²) < 4.78 is 5.14. The zero-order valence-corrected chi connectivity index (χ0v) is 11.7. The number of benzene rings is 1. The molecule has 6 heteroatoms. The van der Waals surface area contributed by atoms with Crippen LogP contribution >= 0.6 is 0 Å². The molecule has 0 unspecified atom stereocenters. The number of aliphatic carboxylic acids is 1. The standard InChI is InChI=1S/C14H17NO5/c1-9(16)10-4-5-12(20-3)11(6-10)7-13(17)15(2)8-14(18)19/h4-6H,7-8H2,1-3H3,(H,18,19). The highest BCUT2D eigenvalue weighted by molar-refractivity contribution is 5.94. The second-order valence-corrected chi connectivity index (χ2v) is 4.40. The van der Waals surface area contributed by atoms with Gasteiger partial charge in [-0.2, -0.15) is 0 Å². The summed E-state index contributed by atoms with van der Waals surface area (Å²) in [6.45, 7) is 1.07. The average molecular weight is 279 g/mol. The number of carboxylic acids is 1. The van der Waals surface area contributed by atoms with Gasteiger partial charge in [0, 0.05) is 18.2 Å². The second-order valence-electron chi connectivity index (χ2n) is 4.40. The van der Waals surface area contributed by atoms with E-state index in [4.69, 9.17) is 9.84 Å². The highest BCUT2D eigenvalue weighted by atomic mass is 16.5. The van der Waals surface area contributed by atoms with Crippen molar-refractivity contribution in [2.45, 2.75) is 13.3 Å². The summed E-state index contributed by atoms with van der Waals surface area (Å²) in [5.41, 5.74) is 1.04. The maximum atomic E-state index is 11.9. The minimum absolute atomic E-state index is 0.0198. The number of carbonyl (C=O) groups excluding carboxylic acids is 2. The minimum Gasteiger partial charge on any atom is -0.496 e. The molecular formula is C14H17NO5. The van der Waals surface area contributed by atoms with E-state index in [1.807, 2.05) is 0 Å². The van der Waals surface area contributed by atoms with E-state index in [0.29, 0.717) is 16.9 Å². The van der Waals surface area contributed by atoms with Gasteiger partial charge >= 0.3 is 5.97 Å². The molecule has 6 nitrogen and oxygen atoms in total. The lowest BCUT2D eigenvalue weighted by Crippen LogP contribution is -2.33. The van der Waals surface area contributed by atoms with E-state index in [2.05, 4.69) is 0 Å². The van der Waals surface area contributed by atoms with Gasteiger partial charge in [0.05, 0.1) is 13.5 Å². The number of Topliss-reactive ketones (excluding diaryl/α,β-unsaturated/α-hetero) is 1. The van der Waals surface area contributed by atoms with Crippen LogP contribution in [-0.4, -0.2) is 48.4 Å². The third kappa shape index (κ3) is 4.08. The summed E-state index contributed by atoms with van der Waals surface area (Å²) >= 11 is 0. The van der Waals surface area contributed by atoms with Crippen LogP contribution in [0, 0.1) is 0 Å². The molecule has 0 aliphatic carbocycles. The van der Waals surface area contributed by atoms with Crippen molar-refractivity contribution in [3.05, 3.63) is 29.3 Å². The van der Waals surface area contributed by atoms with Gasteiger partial charge in [0.15, 0.2) is 5.78 Å². The molecule has 1 aromatic carbocycles. The summed E-state index contributed by atoms with van der Waals surface area (Å²) in [7, 11) is 2.88. The molecule has 0 aromatic heterocycles. The Morgan fingerprint density at radius 3 is 2.45 bits per heavy atom. The first-order chi connectivity index (χ1) is 9.35. The van der Waals surface area contributed by atoms with Gasteiger partial charge in [0.2, 0.25) is 5.91 Å². The molecule has 0 saturated carbocycles. The Morgan fingerprint density at radius 2 is 1.95 bits per heavy atom. The molecule has 1 rings (SSSR count). The molecule has 0 aliphatic rings. The van der Waals surface area contributed by atoms with E-state index < -0.39 is 5.97 Å². The third-order valence-corrected chi connectivity index (χ3v) is 2.83. The summed E-state index contributed by atoms with van der Waals surface area (Å²) in [5.74, 6) is -1.05. The van der Waals surface area contributed by atoms with Gasteiger partial charge in [-0.15, -0.1) is 0 Å². The van der Waals surface area contributed by atoms with Crippen LogP contribution in [0.1, 0.15) is 22.8 Å². The van der Waals surface area contributed by atoms with Crippen molar-refractivity contribution in [3.8, 4) is 5.75 Å². The van der Waals surface area contributed by atoms with Crippen LogP contribution in [-0.2, 0) is 16.0 Å². The zero-order valence-electron chi connectivity index (χ0n) is 11.7. The van der Waals surface area contributed by atoms with E-state index in [1.165, 1.54) is 21.1 Å². The van der Waals surface area contributed by atoms with E-state index in [-0.39, 0.29) is 24.7 Å². The van der Waals surface area contributed by atoms with Crippen LogP contribution in [0.25, 0.3) is 0 Å². The number of ketones is 1. The number of carboxylic acid groups (broad SMARTS) is 1. The number of hydrogen-bond donors (Lipinski definition) is 1. The number of rotatable bonds is 6. The Hall–Kier alpha value is -2.37. The van der Waals surface area contributed by atoms with Crippen LogP contribution in [0.4, 0.5) is 0 Å². The Kier molecular flexibility index (Phi) is 5.25. The molecule has 0 radical (unpaired) electrons. The Labute approximate surface area is 117 Å².